The Bertz CT molecular complexity index is 478. The van der Waals surface area contributed by atoms with Gasteiger partial charge < -0.3 is 14.6 Å². The molecule has 1 amide bonds. The second kappa shape index (κ2) is 6.52. The van der Waals surface area contributed by atoms with Crippen molar-refractivity contribution < 1.29 is 9.53 Å². The molecule has 5 nitrogen and oxygen atoms in total. The molecule has 0 spiro atoms. The van der Waals surface area contributed by atoms with Gasteiger partial charge in [0.15, 0.2) is 0 Å². The van der Waals surface area contributed by atoms with Gasteiger partial charge >= 0.3 is 0 Å². The van der Waals surface area contributed by atoms with E-state index in [1.165, 1.54) is 6.20 Å². The average molecular weight is 264 g/mol. The van der Waals surface area contributed by atoms with Crippen LogP contribution in [0.3, 0.4) is 0 Å². The predicted molar refractivity (Wildman–Crippen MR) is 72.2 cm³/mol. The number of H-pyrrole nitrogens is 1. The standard InChI is InChI=1S/C14H20N2O3/c1-19-10-9-16(11-5-2-3-6-11)14(18)12-7-4-8-15-13(12)17/h4,7-8,11H,2-3,5-6,9-10H2,1H3,(H,15,17). The van der Waals surface area contributed by atoms with Crippen LogP contribution in [0.2, 0.25) is 0 Å². The van der Waals surface area contributed by atoms with Crippen LogP contribution in [0.1, 0.15) is 36.0 Å². The maximum absolute atomic E-state index is 12.5. The molecule has 1 heterocycles. The van der Waals surface area contributed by atoms with Crippen LogP contribution in [-0.2, 0) is 4.74 Å². The summed E-state index contributed by atoms with van der Waals surface area (Å²) in [7, 11) is 1.62. The summed E-state index contributed by atoms with van der Waals surface area (Å²) >= 11 is 0. The van der Waals surface area contributed by atoms with Crippen LogP contribution in [0.5, 0.6) is 0 Å². The number of methoxy groups -OCH3 is 1. The van der Waals surface area contributed by atoms with E-state index in [0.29, 0.717) is 13.2 Å². The van der Waals surface area contributed by atoms with Gasteiger partial charge in [0.1, 0.15) is 5.56 Å². The summed E-state index contributed by atoms with van der Waals surface area (Å²) in [4.78, 5) is 28.6. The monoisotopic (exact) mass is 264 g/mol. The molecule has 0 saturated heterocycles. The zero-order valence-corrected chi connectivity index (χ0v) is 11.2. The summed E-state index contributed by atoms with van der Waals surface area (Å²) in [6, 6.07) is 3.50. The second-order valence-corrected chi connectivity index (χ2v) is 4.84. The number of aromatic nitrogens is 1. The molecule has 0 bridgehead atoms. The Kier molecular flexibility index (Phi) is 4.74. The summed E-state index contributed by atoms with van der Waals surface area (Å²) in [6.07, 6.45) is 5.85. The fourth-order valence-electron chi connectivity index (χ4n) is 2.60. The Morgan fingerprint density at radius 3 is 2.84 bits per heavy atom. The molecule has 104 valence electrons. The fourth-order valence-corrected chi connectivity index (χ4v) is 2.60. The molecule has 0 radical (unpaired) electrons. The van der Waals surface area contributed by atoms with Crippen molar-refractivity contribution >= 4 is 5.91 Å². The summed E-state index contributed by atoms with van der Waals surface area (Å²) in [5.74, 6) is -0.189. The molecule has 0 aromatic carbocycles. The van der Waals surface area contributed by atoms with E-state index < -0.39 is 0 Å². The number of nitrogens with zero attached hydrogens (tertiary/aromatic N) is 1. The molecule has 1 saturated carbocycles. The number of aromatic amines is 1. The molecule has 1 fully saturated rings. The van der Waals surface area contributed by atoms with Crippen molar-refractivity contribution in [3.63, 3.8) is 0 Å². The Labute approximate surface area is 112 Å². The third kappa shape index (κ3) is 3.23. The van der Waals surface area contributed by atoms with Gasteiger partial charge in [-0.2, -0.15) is 0 Å². The summed E-state index contributed by atoms with van der Waals surface area (Å²) < 4.78 is 5.07. The van der Waals surface area contributed by atoms with Crippen molar-refractivity contribution in [2.24, 2.45) is 0 Å². The Morgan fingerprint density at radius 1 is 1.47 bits per heavy atom. The van der Waals surface area contributed by atoms with E-state index >= 15 is 0 Å². The van der Waals surface area contributed by atoms with Gasteiger partial charge in [-0.15, -0.1) is 0 Å². The molecule has 0 unspecified atom stereocenters. The predicted octanol–water partition coefficient (Wildman–Crippen LogP) is 1.41. The van der Waals surface area contributed by atoms with E-state index in [-0.39, 0.29) is 23.1 Å². The first-order valence-corrected chi connectivity index (χ1v) is 6.71. The van der Waals surface area contributed by atoms with Crippen LogP contribution < -0.4 is 5.56 Å². The second-order valence-electron chi connectivity index (χ2n) is 4.84. The van der Waals surface area contributed by atoms with Crippen LogP contribution in [0.15, 0.2) is 23.1 Å². The lowest BCUT2D eigenvalue weighted by Crippen LogP contribution is -2.42. The van der Waals surface area contributed by atoms with Gasteiger partial charge in [0.2, 0.25) is 0 Å². The van der Waals surface area contributed by atoms with E-state index in [0.717, 1.165) is 25.7 Å². The molecule has 1 aliphatic carbocycles. The highest BCUT2D eigenvalue weighted by atomic mass is 16.5. The number of amides is 1. The largest absolute Gasteiger partial charge is 0.383 e. The highest BCUT2D eigenvalue weighted by Crippen LogP contribution is 2.24. The Hall–Kier alpha value is -1.62. The van der Waals surface area contributed by atoms with Crippen molar-refractivity contribution in [2.75, 3.05) is 20.3 Å². The lowest BCUT2D eigenvalue weighted by atomic mass is 10.1. The van der Waals surface area contributed by atoms with Crippen molar-refractivity contribution in [1.82, 2.24) is 9.88 Å². The topological polar surface area (TPSA) is 62.4 Å². The quantitative estimate of drug-likeness (QED) is 0.874. The minimum atomic E-state index is -0.326. The van der Waals surface area contributed by atoms with Crippen LogP contribution in [-0.4, -0.2) is 42.1 Å². The van der Waals surface area contributed by atoms with E-state index in [2.05, 4.69) is 4.98 Å². The van der Waals surface area contributed by atoms with Crippen LogP contribution in [0.4, 0.5) is 0 Å². The highest BCUT2D eigenvalue weighted by Gasteiger charge is 2.28. The number of carbonyl (C=O) groups is 1. The van der Waals surface area contributed by atoms with Crippen LogP contribution >= 0.6 is 0 Å². The van der Waals surface area contributed by atoms with Crippen LogP contribution in [0.25, 0.3) is 0 Å². The molecule has 5 heteroatoms. The number of carbonyl (C=O) groups excluding carboxylic acids is 1. The normalized spacial score (nSPS) is 15.6. The van der Waals surface area contributed by atoms with E-state index in [4.69, 9.17) is 4.74 Å². The van der Waals surface area contributed by atoms with Gasteiger partial charge in [0.05, 0.1) is 6.61 Å². The van der Waals surface area contributed by atoms with Gasteiger partial charge in [0, 0.05) is 25.9 Å². The lowest BCUT2D eigenvalue weighted by molar-refractivity contribution is 0.0604. The number of hydrogen-bond donors (Lipinski definition) is 1. The first kappa shape index (κ1) is 13.8. The molecular weight excluding hydrogens is 244 g/mol. The third-order valence-corrected chi connectivity index (χ3v) is 3.61. The zero-order valence-electron chi connectivity index (χ0n) is 11.2. The molecule has 19 heavy (non-hydrogen) atoms. The smallest absolute Gasteiger partial charge is 0.260 e. The summed E-state index contributed by atoms with van der Waals surface area (Å²) in [6.45, 7) is 1.03. The molecule has 2 rings (SSSR count). The first-order valence-electron chi connectivity index (χ1n) is 6.71. The van der Waals surface area contributed by atoms with Gasteiger partial charge in [-0.25, -0.2) is 0 Å². The van der Waals surface area contributed by atoms with E-state index in [1.54, 1.807) is 24.1 Å². The van der Waals surface area contributed by atoms with E-state index in [9.17, 15) is 9.59 Å². The number of pyridine rings is 1. The van der Waals surface area contributed by atoms with Gasteiger partial charge in [-0.3, -0.25) is 9.59 Å². The first-order chi connectivity index (χ1) is 9.24. The minimum Gasteiger partial charge on any atom is -0.383 e. The lowest BCUT2D eigenvalue weighted by Gasteiger charge is -2.28. The zero-order chi connectivity index (χ0) is 13.7. The number of rotatable bonds is 5. The van der Waals surface area contributed by atoms with Crippen molar-refractivity contribution in [3.05, 3.63) is 34.2 Å². The molecular formula is C14H20N2O3. The summed E-state index contributed by atoms with van der Waals surface area (Å²) in [5.41, 5.74) is -0.113. The molecule has 0 aliphatic heterocycles. The third-order valence-electron chi connectivity index (χ3n) is 3.61. The molecule has 0 atom stereocenters. The van der Waals surface area contributed by atoms with Crippen molar-refractivity contribution in [1.29, 1.82) is 0 Å². The molecule has 1 aromatic rings. The number of ether oxygens (including phenoxy) is 1. The Balaban J connectivity index is 2.19. The highest BCUT2D eigenvalue weighted by molar-refractivity contribution is 5.94. The number of hydrogen-bond acceptors (Lipinski definition) is 3. The average Bonchev–Trinajstić information content (AvgIpc) is 2.93. The van der Waals surface area contributed by atoms with E-state index in [1.807, 2.05) is 0 Å². The maximum atomic E-state index is 12.5. The van der Waals surface area contributed by atoms with Gasteiger partial charge in [-0.05, 0) is 25.0 Å². The maximum Gasteiger partial charge on any atom is 0.260 e. The van der Waals surface area contributed by atoms with Crippen molar-refractivity contribution in [3.8, 4) is 0 Å². The van der Waals surface area contributed by atoms with Gasteiger partial charge in [0.25, 0.3) is 11.5 Å². The minimum absolute atomic E-state index is 0.189. The van der Waals surface area contributed by atoms with Gasteiger partial charge in [-0.1, -0.05) is 12.8 Å². The molecule has 1 N–H and O–H groups in total. The molecule has 1 aliphatic rings. The summed E-state index contributed by atoms with van der Waals surface area (Å²) in [5, 5.41) is 0. The van der Waals surface area contributed by atoms with Crippen molar-refractivity contribution in [2.45, 2.75) is 31.7 Å². The SMILES string of the molecule is COCCN(C(=O)c1ccc[nH]c1=O)C1CCCC1. The molecule has 1 aromatic heterocycles. The Morgan fingerprint density at radius 2 is 2.21 bits per heavy atom. The van der Waals surface area contributed by atoms with Crippen LogP contribution in [0, 0.1) is 0 Å². The number of nitrogens with one attached hydrogen (secondary N) is 1. The fraction of sp³-hybridized carbons (Fsp3) is 0.571.